The minimum absolute atomic E-state index is 0.186. The Balaban J connectivity index is 1.13. The van der Waals surface area contributed by atoms with E-state index in [1.807, 2.05) is 81.4 Å². The van der Waals surface area contributed by atoms with E-state index in [1.165, 1.54) is 12.3 Å². The smallest absolute Gasteiger partial charge is 0.408 e. The van der Waals surface area contributed by atoms with Crippen LogP contribution in [0.25, 0.3) is 32.8 Å². The van der Waals surface area contributed by atoms with Gasteiger partial charge in [0.2, 0.25) is 5.91 Å². The van der Waals surface area contributed by atoms with Crippen LogP contribution in [0.4, 0.5) is 13.6 Å². The first-order valence-electron chi connectivity index (χ1n) is 17.2. The van der Waals surface area contributed by atoms with Gasteiger partial charge in [-0.1, -0.05) is 60.7 Å². The Labute approximate surface area is 305 Å². The van der Waals surface area contributed by atoms with Gasteiger partial charge in [0.25, 0.3) is 11.8 Å². The second-order valence-electron chi connectivity index (χ2n) is 14.1. The predicted octanol–water partition coefficient (Wildman–Crippen LogP) is 7.06. The monoisotopic (exact) mass is 719 g/mol. The lowest BCUT2D eigenvalue weighted by molar-refractivity contribution is -0.131. The highest BCUT2D eigenvalue weighted by molar-refractivity contribution is 6.07. The predicted molar refractivity (Wildman–Crippen MR) is 196 cm³/mol. The lowest BCUT2D eigenvalue weighted by Crippen LogP contribution is -2.43. The van der Waals surface area contributed by atoms with Gasteiger partial charge >= 0.3 is 6.09 Å². The first-order chi connectivity index (χ1) is 25.3. The molecular formula is C41H39F2N5O5. The molecule has 0 aliphatic carbocycles. The summed E-state index contributed by atoms with van der Waals surface area (Å²) in [4.78, 5) is 43.8. The molecule has 3 amide bonds. The zero-order valence-electron chi connectivity index (χ0n) is 29.6. The SMILES string of the molecule is CC(C)(C)OC(=O)N[C@H](COc1ccc(-c2ccc3nccc(C(=O)NCC(=O)N4CC(F)(F)C[C@H]4C#N)c3c2)cc1)Cc1ccc2ccccc2c1. The van der Waals surface area contributed by atoms with Gasteiger partial charge in [-0.25, -0.2) is 13.6 Å². The van der Waals surface area contributed by atoms with Crippen LogP contribution in [-0.4, -0.2) is 71.1 Å². The maximum atomic E-state index is 13.8. The molecule has 1 aliphatic rings. The lowest BCUT2D eigenvalue weighted by Gasteiger charge is -2.24. The molecule has 0 radical (unpaired) electrons. The summed E-state index contributed by atoms with van der Waals surface area (Å²) in [5.74, 6) is -3.90. The van der Waals surface area contributed by atoms with Crippen molar-refractivity contribution in [2.24, 2.45) is 0 Å². The summed E-state index contributed by atoms with van der Waals surface area (Å²) in [7, 11) is 0. The molecule has 5 aromatic rings. The van der Waals surface area contributed by atoms with Crippen molar-refractivity contribution >= 4 is 39.6 Å². The number of alkyl carbamates (subject to hydrolysis) is 1. The fourth-order valence-corrected chi connectivity index (χ4v) is 6.29. The number of carbonyl (C=O) groups is 3. The van der Waals surface area contributed by atoms with Crippen molar-refractivity contribution in [3.05, 3.63) is 108 Å². The Morgan fingerprint density at radius 1 is 0.981 bits per heavy atom. The Kier molecular flexibility index (Phi) is 10.6. The molecule has 0 saturated carbocycles. The average molecular weight is 720 g/mol. The number of aromatic nitrogens is 1. The first kappa shape index (κ1) is 36.7. The number of likely N-dealkylation sites (tertiary alicyclic amines) is 1. The molecule has 12 heteroatoms. The van der Waals surface area contributed by atoms with Crippen molar-refractivity contribution in [3.8, 4) is 22.9 Å². The quantitative estimate of drug-likeness (QED) is 0.158. The molecule has 0 bridgehead atoms. The third-order valence-electron chi connectivity index (χ3n) is 8.78. The summed E-state index contributed by atoms with van der Waals surface area (Å²) in [6.07, 6.45) is 0.733. The molecule has 272 valence electrons. The third kappa shape index (κ3) is 9.23. The summed E-state index contributed by atoms with van der Waals surface area (Å²) < 4.78 is 39.3. The molecule has 0 spiro atoms. The number of halogens is 2. The summed E-state index contributed by atoms with van der Waals surface area (Å²) in [5.41, 5.74) is 2.81. The van der Waals surface area contributed by atoms with E-state index in [4.69, 9.17) is 9.47 Å². The number of alkyl halides is 2. The van der Waals surface area contributed by atoms with E-state index in [1.54, 1.807) is 12.1 Å². The fraction of sp³-hybridized carbons (Fsp3) is 0.293. The molecule has 1 aliphatic heterocycles. The van der Waals surface area contributed by atoms with Crippen LogP contribution in [0.5, 0.6) is 5.75 Å². The van der Waals surface area contributed by atoms with E-state index in [-0.39, 0.29) is 18.2 Å². The largest absolute Gasteiger partial charge is 0.491 e. The second kappa shape index (κ2) is 15.3. The first-order valence-corrected chi connectivity index (χ1v) is 17.2. The Morgan fingerprint density at radius 2 is 1.72 bits per heavy atom. The number of amides is 3. The molecular weight excluding hydrogens is 680 g/mol. The Morgan fingerprint density at radius 3 is 2.45 bits per heavy atom. The van der Waals surface area contributed by atoms with Gasteiger partial charge in [-0.15, -0.1) is 0 Å². The van der Waals surface area contributed by atoms with Crippen LogP contribution >= 0.6 is 0 Å². The van der Waals surface area contributed by atoms with E-state index < -0.39 is 55.0 Å². The normalized spacial score (nSPS) is 15.8. The summed E-state index contributed by atoms with van der Waals surface area (Å²) in [6.45, 7) is 4.22. The van der Waals surface area contributed by atoms with Crippen LogP contribution in [0, 0.1) is 11.3 Å². The molecule has 0 unspecified atom stereocenters. The molecule has 2 atom stereocenters. The number of nitrogens with zero attached hydrogens (tertiary/aromatic N) is 3. The van der Waals surface area contributed by atoms with Crippen molar-refractivity contribution in [1.82, 2.24) is 20.5 Å². The minimum atomic E-state index is -3.15. The average Bonchev–Trinajstić information content (AvgIpc) is 3.46. The number of hydrogen-bond acceptors (Lipinski definition) is 7. The molecule has 53 heavy (non-hydrogen) atoms. The van der Waals surface area contributed by atoms with E-state index in [0.29, 0.717) is 23.1 Å². The van der Waals surface area contributed by atoms with Gasteiger partial charge in [-0.2, -0.15) is 5.26 Å². The zero-order valence-corrected chi connectivity index (χ0v) is 29.6. The molecule has 4 aromatic carbocycles. The maximum Gasteiger partial charge on any atom is 0.408 e. The summed E-state index contributed by atoms with van der Waals surface area (Å²) >= 11 is 0. The number of carbonyl (C=O) groups excluding carboxylic acids is 3. The number of benzene rings is 4. The molecule has 6 rings (SSSR count). The van der Waals surface area contributed by atoms with Gasteiger partial charge < -0.3 is 25.0 Å². The minimum Gasteiger partial charge on any atom is -0.491 e. The summed E-state index contributed by atoms with van der Waals surface area (Å²) in [6, 6.07) is 28.7. The van der Waals surface area contributed by atoms with E-state index in [0.717, 1.165) is 32.4 Å². The maximum absolute atomic E-state index is 13.8. The van der Waals surface area contributed by atoms with Crippen LogP contribution in [0.15, 0.2) is 97.2 Å². The number of ether oxygens (including phenoxy) is 2. The van der Waals surface area contributed by atoms with Gasteiger partial charge in [-0.05, 0) is 85.0 Å². The molecule has 10 nitrogen and oxygen atoms in total. The van der Waals surface area contributed by atoms with Gasteiger partial charge in [-0.3, -0.25) is 14.6 Å². The lowest BCUT2D eigenvalue weighted by atomic mass is 10.0. The third-order valence-corrected chi connectivity index (χ3v) is 8.78. The number of fused-ring (bicyclic) bond motifs is 2. The van der Waals surface area contributed by atoms with Gasteiger partial charge in [0.15, 0.2) is 0 Å². The highest BCUT2D eigenvalue weighted by Gasteiger charge is 2.47. The fourth-order valence-electron chi connectivity index (χ4n) is 6.29. The van der Waals surface area contributed by atoms with Crippen molar-refractivity contribution in [1.29, 1.82) is 5.26 Å². The number of hydrogen-bond donors (Lipinski definition) is 2. The van der Waals surface area contributed by atoms with Crippen molar-refractivity contribution in [2.75, 3.05) is 19.7 Å². The van der Waals surface area contributed by atoms with Gasteiger partial charge in [0.1, 0.15) is 24.0 Å². The summed E-state index contributed by atoms with van der Waals surface area (Å²) in [5, 5.41) is 17.4. The van der Waals surface area contributed by atoms with Crippen LogP contribution in [0.1, 0.15) is 43.1 Å². The highest BCUT2D eigenvalue weighted by atomic mass is 19.3. The van der Waals surface area contributed by atoms with Gasteiger partial charge in [0.05, 0.1) is 36.3 Å². The van der Waals surface area contributed by atoms with Crippen molar-refractivity contribution < 1.29 is 32.6 Å². The zero-order chi connectivity index (χ0) is 37.8. The highest BCUT2D eigenvalue weighted by Crippen LogP contribution is 2.32. The van der Waals surface area contributed by atoms with E-state index in [9.17, 15) is 28.4 Å². The molecule has 1 saturated heterocycles. The number of pyridine rings is 1. The Hall–Kier alpha value is -6.09. The molecule has 2 heterocycles. The van der Waals surface area contributed by atoms with Crippen LogP contribution in [-0.2, 0) is 16.0 Å². The van der Waals surface area contributed by atoms with E-state index in [2.05, 4.69) is 33.8 Å². The van der Waals surface area contributed by atoms with Crippen molar-refractivity contribution in [3.63, 3.8) is 0 Å². The number of nitrogens with one attached hydrogen (secondary N) is 2. The van der Waals surface area contributed by atoms with Crippen LogP contribution < -0.4 is 15.4 Å². The molecule has 1 fully saturated rings. The molecule has 2 N–H and O–H groups in total. The number of nitriles is 1. The van der Waals surface area contributed by atoms with Crippen molar-refractivity contribution in [2.45, 2.75) is 57.2 Å². The van der Waals surface area contributed by atoms with Crippen LogP contribution in [0.2, 0.25) is 0 Å². The molecule has 1 aromatic heterocycles. The van der Waals surface area contributed by atoms with E-state index >= 15 is 0 Å². The standard InChI is InChI=1S/C41H39F2N5O5/c1-40(2,3)53-39(51)47-31(19-26-8-9-27-6-4-5-7-29(27)18-26)24-52-33-13-10-28(11-14-33)30-12-15-36-35(20-30)34(16-17-45-36)38(50)46-23-37(49)48-25-41(42,43)21-32(48)22-44/h4-18,20,31-32H,19,21,23-25H2,1-3H3,(H,46,50)(H,47,51)/t31-,32-/m0/s1. The van der Waals surface area contributed by atoms with Crippen LogP contribution in [0.3, 0.4) is 0 Å². The second-order valence-corrected chi connectivity index (χ2v) is 14.1. The van der Waals surface area contributed by atoms with Gasteiger partial charge in [0, 0.05) is 18.0 Å². The topological polar surface area (TPSA) is 134 Å². The number of rotatable bonds is 10. The Bertz CT molecular complexity index is 2200.